The fourth-order valence-corrected chi connectivity index (χ4v) is 2.17. The number of nitrogen functional groups attached to an aromatic ring is 2. The van der Waals surface area contributed by atoms with E-state index in [0.29, 0.717) is 19.8 Å². The summed E-state index contributed by atoms with van der Waals surface area (Å²) in [5.74, 6) is -0.622. The van der Waals surface area contributed by atoms with Crippen LogP contribution in [0.25, 0.3) is 0 Å². The number of nitrogens with two attached hydrogens (primary N) is 2. The van der Waals surface area contributed by atoms with E-state index >= 15 is 0 Å². The predicted molar refractivity (Wildman–Crippen MR) is 80.8 cm³/mol. The Hall–Kier alpha value is -1.24. The molecule has 0 heterocycles. The van der Waals surface area contributed by atoms with Gasteiger partial charge >= 0.3 is 0 Å². The van der Waals surface area contributed by atoms with Gasteiger partial charge in [0.1, 0.15) is 5.02 Å². The van der Waals surface area contributed by atoms with Crippen molar-refractivity contribution in [3.05, 3.63) is 16.9 Å². The van der Waals surface area contributed by atoms with Gasteiger partial charge in [0.25, 0.3) is 0 Å². The molecule has 4 N–H and O–H groups in total. The number of hydrogen-bond acceptors (Lipinski definition) is 5. The van der Waals surface area contributed by atoms with Gasteiger partial charge in [0.15, 0.2) is 5.82 Å². The average molecular weight is 306 g/mol. The van der Waals surface area contributed by atoms with Gasteiger partial charge in [-0.15, -0.1) is 0 Å². The molecular weight excluding hydrogens is 285 g/mol. The number of anilines is 3. The molecule has 1 atom stereocenters. The molecule has 0 aliphatic rings. The highest BCUT2D eigenvalue weighted by molar-refractivity contribution is 6.33. The second kappa shape index (κ2) is 7.52. The van der Waals surface area contributed by atoms with Crippen LogP contribution < -0.4 is 16.4 Å². The van der Waals surface area contributed by atoms with Crippen molar-refractivity contribution in [2.45, 2.75) is 13.0 Å². The largest absolute Gasteiger partial charge is 0.397 e. The molecule has 1 aromatic rings. The smallest absolute Gasteiger partial charge is 0.169 e. The van der Waals surface area contributed by atoms with E-state index in [1.807, 2.05) is 6.92 Å². The molecule has 1 rings (SSSR count). The van der Waals surface area contributed by atoms with Gasteiger partial charge in [-0.1, -0.05) is 11.6 Å². The molecule has 114 valence electrons. The Bertz CT molecular complexity index is 460. The maximum absolute atomic E-state index is 14.4. The number of halogens is 2. The predicted octanol–water partition coefficient (Wildman–Crippen LogP) is 2.13. The summed E-state index contributed by atoms with van der Waals surface area (Å²) in [4.78, 5) is 1.77. The fourth-order valence-electron chi connectivity index (χ4n) is 2.02. The quantitative estimate of drug-likeness (QED) is 0.755. The summed E-state index contributed by atoms with van der Waals surface area (Å²) in [5, 5.41) is -0.124. The van der Waals surface area contributed by atoms with E-state index in [-0.39, 0.29) is 28.1 Å². The zero-order chi connectivity index (χ0) is 15.3. The van der Waals surface area contributed by atoms with Crippen LogP contribution in [0.4, 0.5) is 21.5 Å². The van der Waals surface area contributed by atoms with E-state index in [2.05, 4.69) is 0 Å². The van der Waals surface area contributed by atoms with Gasteiger partial charge in [-0.05, 0) is 13.0 Å². The minimum Gasteiger partial charge on any atom is -0.397 e. The highest BCUT2D eigenvalue weighted by Crippen LogP contribution is 2.36. The summed E-state index contributed by atoms with van der Waals surface area (Å²) in [6, 6.07) is 1.37. The molecule has 7 heteroatoms. The lowest BCUT2D eigenvalue weighted by Gasteiger charge is -2.32. The monoisotopic (exact) mass is 305 g/mol. The standard InChI is InChI=1S/C13H21ClFN3O2/c1-8(7-20-3)18(4-5-19-2)13-10(17)6-9(16)11(14)12(13)15/h6,8H,4-5,7,16-17H2,1-3H3. The zero-order valence-electron chi connectivity index (χ0n) is 12.0. The number of nitrogens with zero attached hydrogens (tertiary/aromatic N) is 1. The SMILES string of the molecule is COCCN(c1c(N)cc(N)c(Cl)c1F)C(C)COC. The van der Waals surface area contributed by atoms with Gasteiger partial charge in [0, 0.05) is 26.8 Å². The van der Waals surface area contributed by atoms with E-state index in [1.165, 1.54) is 6.07 Å². The molecule has 20 heavy (non-hydrogen) atoms. The Morgan fingerprint density at radius 2 is 1.95 bits per heavy atom. The fraction of sp³-hybridized carbons (Fsp3) is 0.538. The third-order valence-electron chi connectivity index (χ3n) is 3.00. The van der Waals surface area contributed by atoms with Gasteiger partial charge in [0.2, 0.25) is 0 Å². The second-order valence-corrected chi connectivity index (χ2v) is 4.90. The Labute approximate surface area is 123 Å². The summed E-state index contributed by atoms with van der Waals surface area (Å²) in [5.41, 5.74) is 12.1. The van der Waals surface area contributed by atoms with Crippen LogP contribution in [-0.2, 0) is 9.47 Å². The van der Waals surface area contributed by atoms with Gasteiger partial charge in [-0.2, -0.15) is 0 Å². The van der Waals surface area contributed by atoms with Gasteiger partial charge in [-0.3, -0.25) is 0 Å². The summed E-state index contributed by atoms with van der Waals surface area (Å²) in [7, 11) is 3.16. The number of benzene rings is 1. The maximum Gasteiger partial charge on any atom is 0.169 e. The number of ether oxygens (including phenoxy) is 2. The van der Waals surface area contributed by atoms with Crippen molar-refractivity contribution in [1.82, 2.24) is 0 Å². The van der Waals surface area contributed by atoms with E-state index in [0.717, 1.165) is 0 Å². The van der Waals surface area contributed by atoms with Gasteiger partial charge < -0.3 is 25.8 Å². The minimum absolute atomic E-state index is 0.0911. The van der Waals surface area contributed by atoms with E-state index < -0.39 is 5.82 Å². The number of methoxy groups -OCH3 is 2. The molecule has 0 saturated heterocycles. The van der Waals surface area contributed by atoms with Crippen LogP contribution in [-0.4, -0.2) is 40.0 Å². The molecule has 0 saturated carbocycles. The highest BCUT2D eigenvalue weighted by Gasteiger charge is 2.23. The van der Waals surface area contributed by atoms with E-state index in [4.69, 9.17) is 32.5 Å². The lowest BCUT2D eigenvalue weighted by molar-refractivity contribution is 0.170. The Kier molecular flexibility index (Phi) is 6.32. The average Bonchev–Trinajstić information content (AvgIpc) is 2.40. The summed E-state index contributed by atoms with van der Waals surface area (Å²) in [6.45, 7) is 3.21. The lowest BCUT2D eigenvalue weighted by atomic mass is 10.1. The van der Waals surface area contributed by atoms with Crippen molar-refractivity contribution in [2.75, 3.05) is 50.3 Å². The van der Waals surface area contributed by atoms with Gasteiger partial charge in [0.05, 0.1) is 30.3 Å². The van der Waals surface area contributed by atoms with Crippen LogP contribution in [0.3, 0.4) is 0 Å². The molecule has 0 fully saturated rings. The minimum atomic E-state index is -0.622. The molecule has 0 aliphatic heterocycles. The Morgan fingerprint density at radius 3 is 2.50 bits per heavy atom. The Morgan fingerprint density at radius 1 is 1.30 bits per heavy atom. The molecule has 0 spiro atoms. The first-order valence-corrected chi connectivity index (χ1v) is 6.59. The molecular formula is C13H21ClFN3O2. The number of rotatable bonds is 7. The van der Waals surface area contributed by atoms with Crippen LogP contribution in [0.1, 0.15) is 6.92 Å². The molecule has 1 aromatic carbocycles. The van der Waals surface area contributed by atoms with E-state index in [9.17, 15) is 4.39 Å². The van der Waals surface area contributed by atoms with Crippen molar-refractivity contribution in [2.24, 2.45) is 0 Å². The normalized spacial score (nSPS) is 12.4. The molecule has 0 bridgehead atoms. The van der Waals surface area contributed by atoms with Crippen LogP contribution in [0, 0.1) is 5.82 Å². The molecule has 0 amide bonds. The van der Waals surface area contributed by atoms with Crippen molar-refractivity contribution in [3.8, 4) is 0 Å². The zero-order valence-corrected chi connectivity index (χ0v) is 12.7. The van der Waals surface area contributed by atoms with Crippen LogP contribution in [0.5, 0.6) is 0 Å². The number of hydrogen-bond donors (Lipinski definition) is 2. The molecule has 0 aromatic heterocycles. The van der Waals surface area contributed by atoms with Crippen LogP contribution >= 0.6 is 11.6 Å². The third kappa shape index (κ3) is 3.65. The van der Waals surface area contributed by atoms with Crippen LogP contribution in [0.2, 0.25) is 5.02 Å². The highest BCUT2D eigenvalue weighted by atomic mass is 35.5. The topological polar surface area (TPSA) is 73.7 Å². The first-order valence-electron chi connectivity index (χ1n) is 6.21. The Balaban J connectivity index is 3.22. The molecule has 5 nitrogen and oxygen atoms in total. The van der Waals surface area contributed by atoms with E-state index in [1.54, 1.807) is 19.1 Å². The molecule has 1 unspecified atom stereocenters. The second-order valence-electron chi connectivity index (χ2n) is 4.52. The first-order chi connectivity index (χ1) is 9.43. The summed E-state index contributed by atoms with van der Waals surface area (Å²) >= 11 is 5.87. The first kappa shape index (κ1) is 16.8. The van der Waals surface area contributed by atoms with Crippen LogP contribution in [0.15, 0.2) is 6.07 Å². The van der Waals surface area contributed by atoms with Crippen molar-refractivity contribution in [3.63, 3.8) is 0 Å². The van der Waals surface area contributed by atoms with Crippen molar-refractivity contribution in [1.29, 1.82) is 0 Å². The third-order valence-corrected chi connectivity index (χ3v) is 3.39. The van der Waals surface area contributed by atoms with Crippen molar-refractivity contribution < 1.29 is 13.9 Å². The summed E-state index contributed by atoms with van der Waals surface area (Å²) < 4.78 is 24.6. The molecule has 0 aliphatic carbocycles. The lowest BCUT2D eigenvalue weighted by Crippen LogP contribution is -2.39. The maximum atomic E-state index is 14.4. The van der Waals surface area contributed by atoms with Crippen molar-refractivity contribution >= 4 is 28.7 Å². The van der Waals surface area contributed by atoms with Gasteiger partial charge in [-0.25, -0.2) is 4.39 Å². The molecule has 0 radical (unpaired) electrons. The summed E-state index contributed by atoms with van der Waals surface area (Å²) in [6.07, 6.45) is 0.